The molecule has 1 aromatic heterocycles. The van der Waals surface area contributed by atoms with Crippen LogP contribution in [0, 0.1) is 0 Å². The number of nitrogens with zero attached hydrogens (tertiary/aromatic N) is 1. The monoisotopic (exact) mass is 407 g/mol. The van der Waals surface area contributed by atoms with Gasteiger partial charge in [-0.25, -0.2) is 0 Å². The van der Waals surface area contributed by atoms with E-state index in [1.807, 2.05) is 24.3 Å². The summed E-state index contributed by atoms with van der Waals surface area (Å²) >= 11 is 0. The van der Waals surface area contributed by atoms with Gasteiger partial charge in [0.05, 0.1) is 31.5 Å². The number of carboxylic acids is 1. The molecule has 0 saturated heterocycles. The van der Waals surface area contributed by atoms with Crippen LogP contribution in [0.25, 0.3) is 0 Å². The summed E-state index contributed by atoms with van der Waals surface area (Å²) in [7, 11) is 1.46. The third kappa shape index (κ3) is 3.80. The van der Waals surface area contributed by atoms with E-state index in [1.54, 1.807) is 41.5 Å². The topological polar surface area (TPSA) is 104 Å². The number of benzene rings is 2. The number of amides is 1. The average Bonchev–Trinajstić information content (AvgIpc) is 3.27. The molecule has 0 bridgehead atoms. The molecule has 1 aliphatic rings. The minimum absolute atomic E-state index is 0.137. The third-order valence-electron chi connectivity index (χ3n) is 4.78. The number of hydrogen-bond donors (Lipinski definition) is 1. The van der Waals surface area contributed by atoms with Crippen LogP contribution in [0.1, 0.15) is 27.8 Å². The van der Waals surface area contributed by atoms with Gasteiger partial charge >= 0.3 is 0 Å². The van der Waals surface area contributed by atoms with Crippen molar-refractivity contribution in [1.82, 2.24) is 4.90 Å². The van der Waals surface area contributed by atoms with Gasteiger partial charge < -0.3 is 34.0 Å². The summed E-state index contributed by atoms with van der Waals surface area (Å²) in [5, 5.41) is 14.1. The lowest BCUT2D eigenvalue weighted by Crippen LogP contribution is -2.42. The quantitative estimate of drug-likeness (QED) is 0.640. The van der Waals surface area contributed by atoms with Gasteiger partial charge in [-0.1, -0.05) is 18.2 Å². The minimum atomic E-state index is -1.33. The summed E-state index contributed by atoms with van der Waals surface area (Å²) in [6.45, 7) is -0.322. The number of hydrogen-bond acceptors (Lipinski definition) is 7. The number of rotatable bonds is 7. The van der Waals surface area contributed by atoms with Gasteiger partial charge in [-0.15, -0.1) is 0 Å². The molecule has 1 aliphatic heterocycles. The largest absolute Gasteiger partial charge is 0.546 e. The Bertz CT molecular complexity index is 1060. The highest BCUT2D eigenvalue weighted by Crippen LogP contribution is 2.37. The molecule has 3 aromatic rings. The summed E-state index contributed by atoms with van der Waals surface area (Å²) < 4.78 is 16.0. The van der Waals surface area contributed by atoms with Gasteiger partial charge in [0.1, 0.15) is 18.5 Å². The lowest BCUT2D eigenvalue weighted by atomic mass is 10.0. The second-order valence-corrected chi connectivity index (χ2v) is 6.68. The van der Waals surface area contributed by atoms with Gasteiger partial charge in [-0.2, -0.15) is 0 Å². The number of methoxy groups -OCH3 is 1. The first kappa shape index (κ1) is 19.4. The minimum Gasteiger partial charge on any atom is -0.546 e. The maximum atomic E-state index is 13.2. The van der Waals surface area contributed by atoms with Gasteiger partial charge in [-0.3, -0.25) is 4.79 Å². The fourth-order valence-electron chi connectivity index (χ4n) is 3.40. The molecule has 1 atom stereocenters. The number of aliphatic carboxylic acids is 1. The van der Waals surface area contributed by atoms with Crippen LogP contribution in [0.15, 0.2) is 65.3 Å². The van der Waals surface area contributed by atoms with Crippen molar-refractivity contribution in [1.29, 1.82) is 0 Å². The van der Waals surface area contributed by atoms with E-state index in [9.17, 15) is 14.7 Å². The Morgan fingerprint density at radius 3 is 2.73 bits per heavy atom. The van der Waals surface area contributed by atoms with Crippen molar-refractivity contribution in [3.63, 3.8) is 0 Å². The molecular formula is C22H19N2O6-. The van der Waals surface area contributed by atoms with Crippen LogP contribution < -0.4 is 19.9 Å². The summed E-state index contributed by atoms with van der Waals surface area (Å²) in [6, 6.07) is 15.9. The van der Waals surface area contributed by atoms with Gasteiger partial charge in [0.15, 0.2) is 11.5 Å². The Morgan fingerprint density at radius 1 is 1.17 bits per heavy atom. The fraction of sp³-hybridized carbons (Fsp3) is 0.182. The zero-order valence-electron chi connectivity index (χ0n) is 16.2. The number of nitrogens with one attached hydrogen (secondary N) is 1. The number of furan rings is 1. The highest BCUT2D eigenvalue weighted by molar-refractivity contribution is 6.01. The number of ether oxygens (including phenoxy) is 2. The summed E-state index contributed by atoms with van der Waals surface area (Å²) in [5.74, 6) is -0.204. The smallest absolute Gasteiger partial charge is 0.258 e. The summed E-state index contributed by atoms with van der Waals surface area (Å²) in [5.41, 5.74) is 2.03. The predicted octanol–water partition coefficient (Wildman–Crippen LogP) is 2.18. The van der Waals surface area contributed by atoms with E-state index in [0.29, 0.717) is 17.1 Å². The lowest BCUT2D eigenvalue weighted by Gasteiger charge is -2.37. The van der Waals surface area contributed by atoms with E-state index in [0.717, 1.165) is 11.3 Å². The van der Waals surface area contributed by atoms with Crippen LogP contribution >= 0.6 is 0 Å². The maximum absolute atomic E-state index is 13.2. The Labute approximate surface area is 172 Å². The van der Waals surface area contributed by atoms with Gasteiger partial charge in [0, 0.05) is 5.69 Å². The highest BCUT2D eigenvalue weighted by Gasteiger charge is 2.33. The van der Waals surface area contributed by atoms with E-state index < -0.39 is 18.7 Å². The van der Waals surface area contributed by atoms with Gasteiger partial charge in [0.2, 0.25) is 0 Å². The summed E-state index contributed by atoms with van der Waals surface area (Å²) in [4.78, 5) is 25.6. The molecule has 8 heteroatoms. The zero-order chi connectivity index (χ0) is 21.1. The summed E-state index contributed by atoms with van der Waals surface area (Å²) in [6.07, 6.45) is 1.06. The van der Waals surface area contributed by atoms with Crippen molar-refractivity contribution < 1.29 is 28.6 Å². The molecule has 0 aliphatic carbocycles. The van der Waals surface area contributed by atoms with Crippen molar-refractivity contribution in [2.24, 2.45) is 0 Å². The Hall–Kier alpha value is -3.94. The van der Waals surface area contributed by atoms with Crippen molar-refractivity contribution >= 4 is 17.6 Å². The first-order valence-corrected chi connectivity index (χ1v) is 9.26. The predicted molar refractivity (Wildman–Crippen MR) is 105 cm³/mol. The van der Waals surface area contributed by atoms with E-state index in [-0.39, 0.29) is 18.2 Å². The number of carbonyl (C=O) groups is 2. The standard InChI is InChI=1S/C22H20N2O6/c1-28-19-11-14(8-9-18(19)30-13-20(25)26)21-23-17-7-3-2-6-16(17)22(27)24(21)12-15-5-4-10-29-15/h2-11,21,23H,12-13H2,1H3,(H,25,26)/p-1/t21-/m1/s1. The van der Waals surface area contributed by atoms with Crippen LogP contribution in [0.4, 0.5) is 5.69 Å². The Morgan fingerprint density at radius 2 is 2.00 bits per heavy atom. The van der Waals surface area contributed by atoms with Crippen molar-refractivity contribution in [2.75, 3.05) is 19.0 Å². The first-order chi connectivity index (χ1) is 14.6. The van der Waals surface area contributed by atoms with Crippen LogP contribution in [0.2, 0.25) is 0 Å². The number of para-hydroxylation sites is 1. The van der Waals surface area contributed by atoms with E-state index in [2.05, 4.69) is 5.32 Å². The van der Waals surface area contributed by atoms with Crippen LogP contribution in [0.5, 0.6) is 11.5 Å². The maximum Gasteiger partial charge on any atom is 0.258 e. The molecule has 8 nitrogen and oxygen atoms in total. The number of anilines is 1. The van der Waals surface area contributed by atoms with Crippen LogP contribution in [-0.4, -0.2) is 30.5 Å². The molecule has 1 N–H and O–H groups in total. The molecule has 2 aromatic carbocycles. The van der Waals surface area contributed by atoms with Crippen LogP contribution in [-0.2, 0) is 11.3 Å². The normalized spacial score (nSPS) is 15.3. The average molecular weight is 407 g/mol. The molecule has 0 radical (unpaired) electrons. The molecule has 0 fully saturated rings. The molecule has 154 valence electrons. The SMILES string of the molecule is COc1cc([C@@H]2Nc3ccccc3C(=O)N2Cc2ccco2)ccc1OCC(=O)[O-]. The first-order valence-electron chi connectivity index (χ1n) is 9.26. The number of fused-ring (bicyclic) bond motifs is 1. The van der Waals surface area contributed by atoms with Crippen molar-refractivity contribution in [3.05, 3.63) is 77.7 Å². The highest BCUT2D eigenvalue weighted by atomic mass is 16.5. The molecule has 0 spiro atoms. The zero-order valence-corrected chi connectivity index (χ0v) is 16.2. The third-order valence-corrected chi connectivity index (χ3v) is 4.78. The molecule has 0 saturated carbocycles. The van der Waals surface area contributed by atoms with Gasteiger partial charge in [0.25, 0.3) is 5.91 Å². The van der Waals surface area contributed by atoms with Crippen LogP contribution in [0.3, 0.4) is 0 Å². The molecule has 1 amide bonds. The molecule has 30 heavy (non-hydrogen) atoms. The molecule has 0 unspecified atom stereocenters. The number of carbonyl (C=O) groups excluding carboxylic acids is 2. The molecular weight excluding hydrogens is 388 g/mol. The van der Waals surface area contributed by atoms with Crippen molar-refractivity contribution in [2.45, 2.75) is 12.7 Å². The Kier molecular flexibility index (Phi) is 5.30. The fourth-order valence-corrected chi connectivity index (χ4v) is 3.40. The molecule has 4 rings (SSSR count). The van der Waals surface area contributed by atoms with E-state index >= 15 is 0 Å². The van der Waals surface area contributed by atoms with E-state index in [1.165, 1.54) is 7.11 Å². The second kappa shape index (κ2) is 8.20. The number of carboxylic acid groups (broad SMARTS) is 1. The lowest BCUT2D eigenvalue weighted by molar-refractivity contribution is -0.307. The Balaban J connectivity index is 1.71. The molecule has 2 heterocycles. The van der Waals surface area contributed by atoms with Gasteiger partial charge in [-0.05, 0) is 42.0 Å². The second-order valence-electron chi connectivity index (χ2n) is 6.68. The van der Waals surface area contributed by atoms with E-state index in [4.69, 9.17) is 13.9 Å². The van der Waals surface area contributed by atoms with Crippen molar-refractivity contribution in [3.8, 4) is 11.5 Å².